The van der Waals surface area contributed by atoms with Crippen LogP contribution in [0.15, 0.2) is 39.5 Å². The number of hydrogen-bond acceptors (Lipinski definition) is 6. The van der Waals surface area contributed by atoms with Gasteiger partial charge in [0.1, 0.15) is 5.58 Å². The van der Waals surface area contributed by atoms with E-state index in [4.69, 9.17) is 4.42 Å². The van der Waals surface area contributed by atoms with Crippen LogP contribution in [0.3, 0.4) is 0 Å². The van der Waals surface area contributed by atoms with E-state index in [2.05, 4.69) is 10.4 Å². The molecule has 0 saturated heterocycles. The van der Waals surface area contributed by atoms with Gasteiger partial charge in [-0.3, -0.25) is 4.79 Å². The zero-order valence-electron chi connectivity index (χ0n) is 15.1. The van der Waals surface area contributed by atoms with Crippen LogP contribution in [-0.4, -0.2) is 20.6 Å². The molecule has 27 heavy (non-hydrogen) atoms. The van der Waals surface area contributed by atoms with Crippen molar-refractivity contribution in [2.24, 2.45) is 5.92 Å². The Morgan fingerprint density at radius 2 is 2.07 bits per heavy atom. The van der Waals surface area contributed by atoms with Gasteiger partial charge in [-0.25, -0.2) is 4.79 Å². The summed E-state index contributed by atoms with van der Waals surface area (Å²) in [4.78, 5) is 34.2. The lowest BCUT2D eigenvalue weighted by molar-refractivity contribution is -0.389. The van der Waals surface area contributed by atoms with Gasteiger partial charge in [0.05, 0.1) is 29.3 Å². The van der Waals surface area contributed by atoms with Gasteiger partial charge in [0.15, 0.2) is 0 Å². The number of aryl methyl sites for hydroxylation is 2. The highest BCUT2D eigenvalue weighted by molar-refractivity contribution is 5.94. The van der Waals surface area contributed by atoms with Gasteiger partial charge in [-0.05, 0) is 36.5 Å². The molecule has 2 heterocycles. The summed E-state index contributed by atoms with van der Waals surface area (Å²) in [5, 5.41) is 18.2. The molecule has 2 aromatic heterocycles. The van der Waals surface area contributed by atoms with Crippen molar-refractivity contribution in [1.82, 2.24) is 9.78 Å². The van der Waals surface area contributed by atoms with E-state index >= 15 is 0 Å². The first-order valence-corrected chi connectivity index (χ1v) is 8.29. The number of carbonyl (C=O) groups is 1. The van der Waals surface area contributed by atoms with E-state index in [-0.39, 0.29) is 18.3 Å². The Balaban J connectivity index is 1.75. The predicted molar refractivity (Wildman–Crippen MR) is 98.6 cm³/mol. The Labute approximate surface area is 153 Å². The number of rotatable bonds is 5. The molecule has 0 saturated carbocycles. The summed E-state index contributed by atoms with van der Waals surface area (Å²) in [5.41, 5.74) is 1.83. The summed E-state index contributed by atoms with van der Waals surface area (Å²) >= 11 is 0. The minimum Gasteiger partial charge on any atom is -0.423 e. The molecule has 9 heteroatoms. The molecule has 0 spiro atoms. The first-order valence-electron chi connectivity index (χ1n) is 8.29. The number of anilines is 1. The molecule has 0 radical (unpaired) electrons. The van der Waals surface area contributed by atoms with Crippen LogP contribution in [0.4, 0.5) is 11.5 Å². The molecule has 1 atom stereocenters. The van der Waals surface area contributed by atoms with E-state index in [0.29, 0.717) is 17.0 Å². The third-order valence-electron chi connectivity index (χ3n) is 4.27. The lowest BCUT2D eigenvalue weighted by Crippen LogP contribution is -2.25. The van der Waals surface area contributed by atoms with Gasteiger partial charge < -0.3 is 19.8 Å². The standard InChI is InChI=1S/C18H18N4O5/c1-10-6-17(23)27-15-8-13(4-5-14(10)15)19-18(24)11(2)9-21-12(3)7-16(20-21)22(25)26/h4-8,11H,9H2,1-3H3,(H,19,24)/t11-/m0/s1. The first kappa shape index (κ1) is 18.3. The Kier molecular flexibility index (Phi) is 4.76. The quantitative estimate of drug-likeness (QED) is 0.419. The zero-order chi connectivity index (χ0) is 19.7. The number of nitrogens with zero attached hydrogens (tertiary/aromatic N) is 3. The monoisotopic (exact) mass is 370 g/mol. The molecule has 1 N–H and O–H groups in total. The Morgan fingerprint density at radius 1 is 1.33 bits per heavy atom. The predicted octanol–water partition coefficient (Wildman–Crippen LogP) is 2.79. The van der Waals surface area contributed by atoms with Crippen LogP contribution in [-0.2, 0) is 11.3 Å². The maximum absolute atomic E-state index is 12.5. The average molecular weight is 370 g/mol. The van der Waals surface area contributed by atoms with Crippen LogP contribution < -0.4 is 10.9 Å². The van der Waals surface area contributed by atoms with Gasteiger partial charge in [0, 0.05) is 23.2 Å². The van der Waals surface area contributed by atoms with E-state index in [1.165, 1.54) is 16.8 Å². The van der Waals surface area contributed by atoms with Gasteiger partial charge in [-0.15, -0.1) is 0 Å². The van der Waals surface area contributed by atoms with Crippen LogP contribution >= 0.6 is 0 Å². The summed E-state index contributed by atoms with van der Waals surface area (Å²) in [7, 11) is 0. The summed E-state index contributed by atoms with van der Waals surface area (Å²) in [6, 6.07) is 7.86. The van der Waals surface area contributed by atoms with Crippen LogP contribution in [0.2, 0.25) is 0 Å². The van der Waals surface area contributed by atoms with Crippen LogP contribution in [0.5, 0.6) is 0 Å². The Bertz CT molecular complexity index is 1100. The molecule has 0 aliphatic carbocycles. The van der Waals surface area contributed by atoms with Crippen molar-refractivity contribution in [2.75, 3.05) is 5.32 Å². The molecule has 0 unspecified atom stereocenters. The molecule has 3 rings (SSSR count). The minimum atomic E-state index is -0.570. The Hall–Kier alpha value is -3.49. The van der Waals surface area contributed by atoms with Crippen molar-refractivity contribution in [3.8, 4) is 0 Å². The summed E-state index contributed by atoms with van der Waals surface area (Å²) in [6.07, 6.45) is 0. The third-order valence-corrected chi connectivity index (χ3v) is 4.27. The molecule has 1 amide bonds. The fraction of sp³-hybridized carbons (Fsp3) is 0.278. The lowest BCUT2D eigenvalue weighted by atomic mass is 10.1. The van der Waals surface area contributed by atoms with Crippen molar-refractivity contribution in [1.29, 1.82) is 0 Å². The van der Waals surface area contributed by atoms with Crippen molar-refractivity contribution in [2.45, 2.75) is 27.3 Å². The number of amides is 1. The van der Waals surface area contributed by atoms with Gasteiger partial charge in [-0.1, -0.05) is 6.92 Å². The number of carbonyl (C=O) groups excluding carboxylic acids is 1. The molecule has 3 aromatic rings. The van der Waals surface area contributed by atoms with E-state index in [9.17, 15) is 19.7 Å². The molecular formula is C18H18N4O5. The highest BCUT2D eigenvalue weighted by Gasteiger charge is 2.21. The zero-order valence-corrected chi connectivity index (χ0v) is 15.1. The van der Waals surface area contributed by atoms with Crippen LogP contribution in [0.25, 0.3) is 11.0 Å². The number of hydrogen-bond donors (Lipinski definition) is 1. The van der Waals surface area contributed by atoms with E-state index in [1.54, 1.807) is 32.0 Å². The number of fused-ring (bicyclic) bond motifs is 1. The molecule has 0 fully saturated rings. The highest BCUT2D eigenvalue weighted by atomic mass is 16.6. The highest BCUT2D eigenvalue weighted by Crippen LogP contribution is 2.21. The largest absolute Gasteiger partial charge is 0.423 e. The lowest BCUT2D eigenvalue weighted by Gasteiger charge is -2.12. The maximum Gasteiger partial charge on any atom is 0.390 e. The molecule has 0 bridgehead atoms. The molecule has 0 aliphatic rings. The molecule has 140 valence electrons. The first-order chi connectivity index (χ1) is 12.7. The number of nitro groups is 1. The average Bonchev–Trinajstić information content (AvgIpc) is 2.95. The SMILES string of the molecule is Cc1cc(=O)oc2cc(NC(=O)[C@@H](C)Cn3nc([N+](=O)[O-])cc3C)ccc12. The van der Waals surface area contributed by atoms with Gasteiger partial charge >= 0.3 is 11.4 Å². The molecular weight excluding hydrogens is 352 g/mol. The second kappa shape index (κ2) is 7.02. The van der Waals surface area contributed by atoms with Crippen molar-refractivity contribution in [3.63, 3.8) is 0 Å². The Morgan fingerprint density at radius 3 is 2.74 bits per heavy atom. The van der Waals surface area contributed by atoms with Crippen LogP contribution in [0, 0.1) is 29.9 Å². The summed E-state index contributed by atoms with van der Waals surface area (Å²) in [5.74, 6) is -1.01. The maximum atomic E-state index is 12.5. The van der Waals surface area contributed by atoms with Crippen molar-refractivity contribution in [3.05, 3.63) is 62.1 Å². The van der Waals surface area contributed by atoms with Gasteiger partial charge in [-0.2, -0.15) is 4.68 Å². The smallest absolute Gasteiger partial charge is 0.390 e. The van der Waals surface area contributed by atoms with E-state index in [0.717, 1.165) is 10.9 Å². The van der Waals surface area contributed by atoms with Crippen molar-refractivity contribution >= 4 is 28.4 Å². The number of aromatic nitrogens is 2. The summed E-state index contributed by atoms with van der Waals surface area (Å²) in [6.45, 7) is 5.41. The van der Waals surface area contributed by atoms with Crippen molar-refractivity contribution < 1.29 is 14.1 Å². The topological polar surface area (TPSA) is 120 Å². The van der Waals surface area contributed by atoms with Gasteiger partial charge in [0.2, 0.25) is 5.91 Å². The normalized spacial score (nSPS) is 12.1. The molecule has 0 aliphatic heterocycles. The summed E-state index contributed by atoms with van der Waals surface area (Å²) < 4.78 is 6.61. The molecule has 9 nitrogen and oxygen atoms in total. The molecule has 1 aromatic carbocycles. The number of nitrogens with one attached hydrogen (secondary N) is 1. The number of benzene rings is 1. The fourth-order valence-electron chi connectivity index (χ4n) is 2.78. The second-order valence-corrected chi connectivity index (χ2v) is 6.43. The van der Waals surface area contributed by atoms with Gasteiger partial charge in [0.25, 0.3) is 0 Å². The second-order valence-electron chi connectivity index (χ2n) is 6.43. The third kappa shape index (κ3) is 3.86. The van der Waals surface area contributed by atoms with E-state index < -0.39 is 16.5 Å². The van der Waals surface area contributed by atoms with E-state index in [1.807, 2.05) is 6.92 Å². The minimum absolute atomic E-state index is 0.202. The fourth-order valence-corrected chi connectivity index (χ4v) is 2.78. The van der Waals surface area contributed by atoms with Crippen LogP contribution in [0.1, 0.15) is 18.2 Å².